The summed E-state index contributed by atoms with van der Waals surface area (Å²) in [5.41, 5.74) is 0.726. The standard InChI is InChI=1S/C21H19N3O6/c1-3-30-21(28)15-11-22-18(12-4-7-14(29-2)8-5-12)24-19(15)23-16-10-13(20(26)27)6-9-17(16)25/h4-11,25H,3H2,1-2H3,(H,26,27)(H,22,23,24). The summed E-state index contributed by atoms with van der Waals surface area (Å²) in [7, 11) is 1.55. The van der Waals surface area contributed by atoms with Crippen LogP contribution < -0.4 is 10.1 Å². The van der Waals surface area contributed by atoms with Gasteiger partial charge in [0, 0.05) is 11.8 Å². The minimum atomic E-state index is -1.16. The van der Waals surface area contributed by atoms with Crippen LogP contribution in [0.4, 0.5) is 11.5 Å². The van der Waals surface area contributed by atoms with Gasteiger partial charge in [0.1, 0.15) is 22.9 Å². The van der Waals surface area contributed by atoms with Crippen LogP contribution >= 0.6 is 0 Å². The molecule has 30 heavy (non-hydrogen) atoms. The zero-order valence-electron chi connectivity index (χ0n) is 16.2. The molecule has 0 aliphatic heterocycles. The SMILES string of the molecule is CCOC(=O)c1cnc(-c2ccc(OC)cc2)nc1Nc1cc(C(=O)O)ccc1O. The minimum absolute atomic E-state index is 0.0363. The maximum absolute atomic E-state index is 12.3. The van der Waals surface area contributed by atoms with Gasteiger partial charge in [0.15, 0.2) is 5.82 Å². The second kappa shape index (κ2) is 8.91. The largest absolute Gasteiger partial charge is 0.506 e. The maximum Gasteiger partial charge on any atom is 0.343 e. The zero-order valence-corrected chi connectivity index (χ0v) is 16.2. The molecule has 9 nitrogen and oxygen atoms in total. The summed E-state index contributed by atoms with van der Waals surface area (Å²) < 4.78 is 10.2. The van der Waals surface area contributed by atoms with Gasteiger partial charge in [-0.3, -0.25) is 0 Å². The van der Waals surface area contributed by atoms with E-state index >= 15 is 0 Å². The Morgan fingerprint density at radius 2 is 1.87 bits per heavy atom. The lowest BCUT2D eigenvalue weighted by Gasteiger charge is -2.13. The Bertz CT molecular complexity index is 1080. The van der Waals surface area contributed by atoms with Crippen molar-refractivity contribution >= 4 is 23.4 Å². The minimum Gasteiger partial charge on any atom is -0.506 e. The molecule has 1 aromatic heterocycles. The van der Waals surface area contributed by atoms with Gasteiger partial charge in [-0.2, -0.15) is 0 Å². The van der Waals surface area contributed by atoms with Crippen LogP contribution in [0.15, 0.2) is 48.7 Å². The topological polar surface area (TPSA) is 131 Å². The van der Waals surface area contributed by atoms with Gasteiger partial charge >= 0.3 is 11.9 Å². The van der Waals surface area contributed by atoms with Crippen molar-refractivity contribution in [1.29, 1.82) is 0 Å². The van der Waals surface area contributed by atoms with Gasteiger partial charge in [0.25, 0.3) is 0 Å². The van der Waals surface area contributed by atoms with Crippen LogP contribution in [0.3, 0.4) is 0 Å². The van der Waals surface area contributed by atoms with Crippen molar-refractivity contribution in [2.75, 3.05) is 19.0 Å². The van der Waals surface area contributed by atoms with Gasteiger partial charge in [-0.05, 0) is 49.4 Å². The number of aromatic hydroxyl groups is 1. The fourth-order valence-electron chi connectivity index (χ4n) is 2.61. The van der Waals surface area contributed by atoms with Gasteiger partial charge in [-0.15, -0.1) is 0 Å². The number of aromatic carboxylic acids is 1. The third-order valence-corrected chi connectivity index (χ3v) is 4.13. The van der Waals surface area contributed by atoms with Crippen LogP contribution in [0.25, 0.3) is 11.4 Å². The molecule has 0 saturated carbocycles. The monoisotopic (exact) mass is 409 g/mol. The molecule has 0 amide bonds. The van der Waals surface area contributed by atoms with Crippen LogP contribution in [0.2, 0.25) is 0 Å². The van der Waals surface area contributed by atoms with E-state index in [-0.39, 0.29) is 35.0 Å². The fraction of sp³-hybridized carbons (Fsp3) is 0.143. The molecular formula is C21H19N3O6. The molecule has 2 aromatic carbocycles. The number of hydrogen-bond acceptors (Lipinski definition) is 8. The van der Waals surface area contributed by atoms with Crippen molar-refractivity contribution in [3.8, 4) is 22.9 Å². The van der Waals surface area contributed by atoms with E-state index in [1.807, 2.05) is 0 Å². The molecular weight excluding hydrogens is 390 g/mol. The number of rotatable bonds is 7. The third-order valence-electron chi connectivity index (χ3n) is 4.13. The van der Waals surface area contributed by atoms with Crippen molar-refractivity contribution in [1.82, 2.24) is 9.97 Å². The number of carbonyl (C=O) groups is 2. The molecule has 0 aliphatic rings. The third kappa shape index (κ3) is 4.46. The van der Waals surface area contributed by atoms with Crippen molar-refractivity contribution < 1.29 is 29.3 Å². The zero-order chi connectivity index (χ0) is 21.7. The van der Waals surface area contributed by atoms with E-state index < -0.39 is 11.9 Å². The summed E-state index contributed by atoms with van der Waals surface area (Å²) in [5, 5.41) is 22.1. The number of carbonyl (C=O) groups excluding carboxylic acids is 1. The first-order valence-electron chi connectivity index (χ1n) is 8.94. The van der Waals surface area contributed by atoms with E-state index in [1.165, 1.54) is 24.4 Å². The lowest BCUT2D eigenvalue weighted by atomic mass is 10.1. The molecule has 0 saturated heterocycles. The van der Waals surface area contributed by atoms with E-state index in [0.29, 0.717) is 17.1 Å². The highest BCUT2D eigenvalue weighted by atomic mass is 16.5. The fourth-order valence-corrected chi connectivity index (χ4v) is 2.61. The Kier molecular flexibility index (Phi) is 6.11. The molecule has 0 bridgehead atoms. The summed E-state index contributed by atoms with van der Waals surface area (Å²) >= 11 is 0. The number of aromatic nitrogens is 2. The maximum atomic E-state index is 12.3. The number of benzene rings is 2. The smallest absolute Gasteiger partial charge is 0.343 e. The van der Waals surface area contributed by atoms with Crippen LogP contribution in [0, 0.1) is 0 Å². The average molecular weight is 409 g/mol. The Labute approximate surface area is 171 Å². The summed E-state index contributed by atoms with van der Waals surface area (Å²) in [6.45, 7) is 1.82. The summed E-state index contributed by atoms with van der Waals surface area (Å²) in [5.74, 6) is -0.996. The van der Waals surface area contributed by atoms with E-state index in [2.05, 4.69) is 15.3 Å². The highest BCUT2D eigenvalue weighted by Crippen LogP contribution is 2.30. The molecule has 3 aromatic rings. The van der Waals surface area contributed by atoms with Crippen molar-refractivity contribution in [3.63, 3.8) is 0 Å². The van der Waals surface area contributed by atoms with Crippen molar-refractivity contribution in [2.45, 2.75) is 6.92 Å². The molecule has 3 N–H and O–H groups in total. The molecule has 0 atom stereocenters. The number of phenols is 1. The highest BCUT2D eigenvalue weighted by molar-refractivity contribution is 5.96. The van der Waals surface area contributed by atoms with E-state index in [4.69, 9.17) is 9.47 Å². The van der Waals surface area contributed by atoms with Gasteiger partial charge < -0.3 is 25.0 Å². The van der Waals surface area contributed by atoms with Crippen molar-refractivity contribution in [2.24, 2.45) is 0 Å². The molecule has 1 heterocycles. The lowest BCUT2D eigenvalue weighted by Crippen LogP contribution is -2.11. The van der Waals surface area contributed by atoms with Crippen LogP contribution in [0.1, 0.15) is 27.6 Å². The molecule has 0 fully saturated rings. The van der Waals surface area contributed by atoms with E-state index in [9.17, 15) is 19.8 Å². The van der Waals surface area contributed by atoms with Crippen LogP contribution in [0.5, 0.6) is 11.5 Å². The number of nitrogens with zero attached hydrogens (tertiary/aromatic N) is 2. The number of anilines is 2. The molecule has 154 valence electrons. The number of nitrogens with one attached hydrogen (secondary N) is 1. The van der Waals surface area contributed by atoms with Crippen molar-refractivity contribution in [3.05, 3.63) is 59.8 Å². The Hall–Kier alpha value is -4.14. The molecule has 0 radical (unpaired) electrons. The Balaban J connectivity index is 2.06. The van der Waals surface area contributed by atoms with E-state index in [1.54, 1.807) is 38.3 Å². The number of hydrogen-bond donors (Lipinski definition) is 3. The lowest BCUT2D eigenvalue weighted by molar-refractivity contribution is 0.0526. The number of esters is 1. The van der Waals surface area contributed by atoms with Gasteiger partial charge in [-0.1, -0.05) is 0 Å². The quantitative estimate of drug-likeness (QED) is 0.396. The number of carboxylic acid groups (broad SMARTS) is 1. The number of carboxylic acids is 1. The van der Waals surface area contributed by atoms with Crippen LogP contribution in [-0.4, -0.2) is 45.8 Å². The summed E-state index contributed by atoms with van der Waals surface area (Å²) in [4.78, 5) is 32.2. The molecule has 9 heteroatoms. The first-order valence-corrected chi connectivity index (χ1v) is 8.94. The number of ether oxygens (including phenoxy) is 2. The second-order valence-electron chi connectivity index (χ2n) is 6.07. The normalized spacial score (nSPS) is 10.3. The van der Waals surface area contributed by atoms with Crippen LogP contribution in [-0.2, 0) is 4.74 Å². The number of methoxy groups -OCH3 is 1. The summed E-state index contributed by atoms with van der Waals surface area (Å²) in [6, 6.07) is 10.7. The van der Waals surface area contributed by atoms with Gasteiger partial charge in [0.2, 0.25) is 0 Å². The molecule has 0 aliphatic carbocycles. The van der Waals surface area contributed by atoms with Gasteiger partial charge in [0.05, 0.1) is 25.0 Å². The highest BCUT2D eigenvalue weighted by Gasteiger charge is 2.18. The summed E-state index contributed by atoms with van der Waals surface area (Å²) in [6.07, 6.45) is 1.31. The first-order chi connectivity index (χ1) is 14.4. The number of phenolic OH excluding ortho intramolecular Hbond substituents is 1. The Morgan fingerprint density at radius 3 is 2.50 bits per heavy atom. The molecule has 0 spiro atoms. The predicted molar refractivity (Wildman–Crippen MR) is 108 cm³/mol. The first kappa shape index (κ1) is 20.6. The molecule has 0 unspecified atom stereocenters. The molecule has 3 rings (SSSR count). The van der Waals surface area contributed by atoms with E-state index in [0.717, 1.165) is 0 Å². The van der Waals surface area contributed by atoms with Gasteiger partial charge in [-0.25, -0.2) is 19.6 Å². The predicted octanol–water partition coefficient (Wildman–Crippen LogP) is 3.48. The Morgan fingerprint density at radius 1 is 1.13 bits per heavy atom. The second-order valence-corrected chi connectivity index (χ2v) is 6.07. The average Bonchev–Trinajstić information content (AvgIpc) is 2.75.